The minimum Gasteiger partial charge on any atom is -0.205 e. The molecule has 2 aromatic rings. The zero-order chi connectivity index (χ0) is 18.4. The van der Waals surface area contributed by atoms with Crippen LogP contribution in [-0.4, -0.2) is 0 Å². The summed E-state index contributed by atoms with van der Waals surface area (Å²) in [6.45, 7) is 8.21. The van der Waals surface area contributed by atoms with Gasteiger partial charge in [0.1, 0.15) is 17.4 Å². The van der Waals surface area contributed by atoms with Gasteiger partial charge < -0.3 is 0 Å². The molecule has 2 nitrogen and oxygen atoms in total. The van der Waals surface area contributed by atoms with Gasteiger partial charge in [-0.15, -0.1) is 0 Å². The molecule has 2 heterocycles. The highest BCUT2D eigenvalue weighted by Gasteiger charge is 2.50. The van der Waals surface area contributed by atoms with Gasteiger partial charge >= 0.3 is 0 Å². The highest BCUT2D eigenvalue weighted by atomic mass is 19.1. The average molecular weight is 341 g/mol. The van der Waals surface area contributed by atoms with E-state index in [1.54, 1.807) is 6.07 Å². The highest BCUT2D eigenvalue weighted by Crippen LogP contribution is 2.49. The maximum Gasteiger partial charge on any atom is 0.216 e. The van der Waals surface area contributed by atoms with Crippen molar-refractivity contribution in [3.05, 3.63) is 52.7 Å². The molecule has 0 saturated heterocycles. The van der Waals surface area contributed by atoms with Gasteiger partial charge in [0, 0.05) is 18.6 Å². The smallest absolute Gasteiger partial charge is 0.205 e. The fraction of sp³-hybridized carbons (Fsp3) is 0.429. The predicted molar refractivity (Wildman–Crippen MR) is 93.0 cm³/mol. The van der Waals surface area contributed by atoms with Crippen molar-refractivity contribution in [2.75, 3.05) is 0 Å². The Kier molecular flexibility index (Phi) is 4.36. The van der Waals surface area contributed by atoms with Gasteiger partial charge in [0.2, 0.25) is 5.69 Å². The molecule has 1 aromatic heterocycles. The largest absolute Gasteiger partial charge is 0.216 e. The molecule has 0 amide bonds. The Bertz CT molecular complexity index is 876. The van der Waals surface area contributed by atoms with Crippen LogP contribution < -0.4 is 4.57 Å². The van der Waals surface area contributed by atoms with E-state index in [0.717, 1.165) is 30.5 Å². The summed E-state index contributed by atoms with van der Waals surface area (Å²) >= 11 is 0. The number of pyridine rings is 1. The molecule has 0 fully saturated rings. The first-order chi connectivity index (χ1) is 11.9. The molecule has 0 bridgehead atoms. The Balaban J connectivity index is 2.51. The van der Waals surface area contributed by atoms with Crippen molar-refractivity contribution >= 4 is 0 Å². The van der Waals surface area contributed by atoms with Crippen LogP contribution >= 0.6 is 0 Å². The summed E-state index contributed by atoms with van der Waals surface area (Å²) < 4.78 is 31.8. The van der Waals surface area contributed by atoms with Gasteiger partial charge in [0.15, 0.2) is 18.1 Å². The van der Waals surface area contributed by atoms with Crippen LogP contribution in [0.3, 0.4) is 0 Å². The number of hydrogen-bond donors (Lipinski definition) is 0. The van der Waals surface area contributed by atoms with Gasteiger partial charge in [0.05, 0.1) is 11.0 Å². The van der Waals surface area contributed by atoms with Crippen molar-refractivity contribution in [3.8, 4) is 17.3 Å². The van der Waals surface area contributed by atoms with Crippen molar-refractivity contribution in [1.82, 2.24) is 0 Å². The molecule has 1 aliphatic heterocycles. The maximum atomic E-state index is 15.2. The van der Waals surface area contributed by atoms with Crippen LogP contribution in [0, 0.1) is 29.9 Å². The van der Waals surface area contributed by atoms with E-state index in [1.807, 2.05) is 25.3 Å². The minimum atomic E-state index is -0.763. The second kappa shape index (κ2) is 6.22. The first-order valence-electron chi connectivity index (χ1n) is 8.89. The molecule has 0 radical (unpaired) electrons. The van der Waals surface area contributed by atoms with Crippen LogP contribution in [0.15, 0.2) is 24.4 Å². The molecular weight excluding hydrogens is 318 g/mol. The molecule has 0 saturated carbocycles. The van der Waals surface area contributed by atoms with Crippen LogP contribution in [0.4, 0.5) is 8.78 Å². The van der Waals surface area contributed by atoms with Crippen LogP contribution in [0.2, 0.25) is 0 Å². The second-order valence-electron chi connectivity index (χ2n) is 6.87. The number of benzene rings is 1. The van der Waals surface area contributed by atoms with Crippen molar-refractivity contribution in [2.45, 2.75) is 58.4 Å². The lowest BCUT2D eigenvalue weighted by Crippen LogP contribution is -2.55. The van der Waals surface area contributed by atoms with E-state index in [2.05, 4.69) is 25.3 Å². The minimum absolute atomic E-state index is 0.123. The maximum absolute atomic E-state index is 15.2. The lowest BCUT2D eigenvalue weighted by Gasteiger charge is -2.41. The van der Waals surface area contributed by atoms with E-state index in [1.165, 1.54) is 6.07 Å². The summed E-state index contributed by atoms with van der Waals surface area (Å²) in [5.74, 6) is -1.50. The summed E-state index contributed by atoms with van der Waals surface area (Å²) in [6.07, 6.45) is 4.42. The molecule has 0 aliphatic carbocycles. The summed E-state index contributed by atoms with van der Waals surface area (Å²) in [7, 11) is 0. The lowest BCUT2D eigenvalue weighted by molar-refractivity contribution is -0.725. The first kappa shape index (κ1) is 17.5. The Hall–Kier alpha value is -2.28. The molecule has 0 spiro atoms. The standard InChI is InChI=1S/C21H23F2N2/c1-5-18-21(6-2,7-3)15-11-16(22)14(12-24)20(23)19(15)17-10-13(4)8-9-25(17)18/h8-11,18H,5-7H2,1-4H3/q+1. The third-order valence-electron chi connectivity index (χ3n) is 5.89. The van der Waals surface area contributed by atoms with Crippen molar-refractivity contribution in [2.24, 2.45) is 0 Å². The topological polar surface area (TPSA) is 27.7 Å². The van der Waals surface area contributed by atoms with E-state index >= 15 is 4.39 Å². The van der Waals surface area contributed by atoms with Crippen molar-refractivity contribution in [3.63, 3.8) is 0 Å². The van der Waals surface area contributed by atoms with Crippen LogP contribution in [0.1, 0.15) is 62.8 Å². The Morgan fingerprint density at radius 3 is 2.44 bits per heavy atom. The first-order valence-corrected chi connectivity index (χ1v) is 8.89. The van der Waals surface area contributed by atoms with E-state index in [9.17, 15) is 9.65 Å². The number of fused-ring (bicyclic) bond motifs is 3. The van der Waals surface area contributed by atoms with Crippen molar-refractivity contribution in [1.29, 1.82) is 5.26 Å². The normalized spacial score (nSPS) is 17.6. The van der Waals surface area contributed by atoms with Gasteiger partial charge in [-0.25, -0.2) is 8.78 Å². The molecule has 1 aliphatic rings. The number of hydrogen-bond acceptors (Lipinski definition) is 1. The Morgan fingerprint density at radius 1 is 1.20 bits per heavy atom. The monoisotopic (exact) mass is 341 g/mol. The Labute approximate surface area is 147 Å². The molecule has 1 aromatic carbocycles. The number of rotatable bonds is 3. The molecule has 0 N–H and O–H groups in total. The molecule has 3 rings (SSSR count). The van der Waals surface area contributed by atoms with Crippen LogP contribution in [-0.2, 0) is 5.41 Å². The molecule has 1 unspecified atom stereocenters. The number of aryl methyl sites for hydroxylation is 1. The number of halogens is 2. The fourth-order valence-electron chi connectivity index (χ4n) is 4.59. The van der Waals surface area contributed by atoms with Gasteiger partial charge in [-0.05, 0) is 37.0 Å². The van der Waals surface area contributed by atoms with Gasteiger partial charge in [-0.2, -0.15) is 9.83 Å². The van der Waals surface area contributed by atoms with E-state index < -0.39 is 17.2 Å². The van der Waals surface area contributed by atoms with E-state index in [-0.39, 0.29) is 11.5 Å². The fourth-order valence-corrected chi connectivity index (χ4v) is 4.59. The molecule has 25 heavy (non-hydrogen) atoms. The molecule has 4 heteroatoms. The quantitative estimate of drug-likeness (QED) is 0.712. The zero-order valence-corrected chi connectivity index (χ0v) is 15.2. The van der Waals surface area contributed by atoms with E-state index in [0.29, 0.717) is 11.1 Å². The summed E-state index contributed by atoms with van der Waals surface area (Å²) in [6, 6.07) is 7.16. The summed E-state index contributed by atoms with van der Waals surface area (Å²) in [5.41, 5.74) is 1.97. The van der Waals surface area contributed by atoms with E-state index in [4.69, 9.17) is 0 Å². The second-order valence-corrected chi connectivity index (χ2v) is 6.87. The number of nitrogens with zero attached hydrogens (tertiary/aromatic N) is 2. The molecular formula is C21H23F2N2+. The van der Waals surface area contributed by atoms with Gasteiger partial charge in [0.25, 0.3) is 0 Å². The summed E-state index contributed by atoms with van der Waals surface area (Å²) in [4.78, 5) is 0. The van der Waals surface area contributed by atoms with Gasteiger partial charge in [-0.1, -0.05) is 20.8 Å². The molecule has 1 atom stereocenters. The number of nitriles is 1. The summed E-state index contributed by atoms with van der Waals surface area (Å²) in [5, 5.41) is 9.21. The lowest BCUT2D eigenvalue weighted by atomic mass is 9.65. The van der Waals surface area contributed by atoms with Crippen LogP contribution in [0.5, 0.6) is 0 Å². The van der Waals surface area contributed by atoms with Crippen LogP contribution in [0.25, 0.3) is 11.3 Å². The predicted octanol–water partition coefficient (Wildman–Crippen LogP) is 5.12. The zero-order valence-electron chi connectivity index (χ0n) is 15.2. The van der Waals surface area contributed by atoms with Crippen molar-refractivity contribution < 1.29 is 13.3 Å². The third-order valence-corrected chi connectivity index (χ3v) is 5.89. The Morgan fingerprint density at radius 2 is 1.88 bits per heavy atom. The SMILES string of the molecule is CCC1[n+]2ccc(C)cc2-c2c(cc(F)c(C#N)c2F)C1(CC)CC. The van der Waals surface area contributed by atoms with Gasteiger partial charge in [-0.3, -0.25) is 0 Å². The highest BCUT2D eigenvalue weighted by molar-refractivity contribution is 5.69. The average Bonchev–Trinajstić information content (AvgIpc) is 2.60. The molecule has 130 valence electrons. The third kappa shape index (κ3) is 2.29. The number of aromatic nitrogens is 1.